The minimum atomic E-state index is -0.00741. The molecule has 0 aromatic heterocycles. The van der Waals surface area contributed by atoms with E-state index in [1.54, 1.807) is 0 Å². The van der Waals surface area contributed by atoms with Crippen molar-refractivity contribution in [2.45, 2.75) is 18.9 Å². The largest absolute Gasteiger partial charge is 0.493 e. The van der Waals surface area contributed by atoms with Gasteiger partial charge < -0.3 is 9.64 Å². The standard InChI is InChI=1S/C19H23N3O2/c1-21-11-15(19(23)22-8-6-13(10-20)7-9-22)16-12-24-17-5-3-2-4-14(17)18(16)21/h2-5,13,15-16,18H,6-9,11-12H2,1H3/t15-,16+,18+/m1/s1. The number of nitriles is 1. The molecule has 2 fully saturated rings. The summed E-state index contributed by atoms with van der Waals surface area (Å²) in [5.41, 5.74) is 1.20. The van der Waals surface area contributed by atoms with Gasteiger partial charge in [-0.2, -0.15) is 5.26 Å². The highest BCUT2D eigenvalue weighted by molar-refractivity contribution is 5.80. The van der Waals surface area contributed by atoms with E-state index in [0.29, 0.717) is 19.7 Å². The van der Waals surface area contributed by atoms with Crippen LogP contribution in [0.15, 0.2) is 24.3 Å². The lowest BCUT2D eigenvalue weighted by molar-refractivity contribution is -0.138. The van der Waals surface area contributed by atoms with E-state index >= 15 is 0 Å². The van der Waals surface area contributed by atoms with Crippen molar-refractivity contribution in [3.05, 3.63) is 29.8 Å². The molecule has 1 aromatic carbocycles. The Morgan fingerprint density at radius 1 is 1.29 bits per heavy atom. The molecule has 3 heterocycles. The first-order valence-electron chi connectivity index (χ1n) is 8.79. The van der Waals surface area contributed by atoms with Crippen LogP contribution < -0.4 is 4.74 Å². The van der Waals surface area contributed by atoms with E-state index in [-0.39, 0.29) is 29.7 Å². The van der Waals surface area contributed by atoms with Crippen molar-refractivity contribution in [3.63, 3.8) is 0 Å². The first kappa shape index (κ1) is 15.5. The lowest BCUT2D eigenvalue weighted by Crippen LogP contribution is -2.44. The van der Waals surface area contributed by atoms with Crippen molar-refractivity contribution >= 4 is 5.91 Å². The molecule has 24 heavy (non-hydrogen) atoms. The van der Waals surface area contributed by atoms with Crippen molar-refractivity contribution in [3.8, 4) is 11.8 Å². The molecule has 0 bridgehead atoms. The maximum atomic E-state index is 13.1. The van der Waals surface area contributed by atoms with Crippen LogP contribution in [0.5, 0.6) is 5.75 Å². The average molecular weight is 325 g/mol. The molecule has 0 aliphatic carbocycles. The Hall–Kier alpha value is -2.06. The highest BCUT2D eigenvalue weighted by atomic mass is 16.5. The molecule has 0 unspecified atom stereocenters. The van der Waals surface area contributed by atoms with Gasteiger partial charge in [-0.25, -0.2) is 0 Å². The maximum Gasteiger partial charge on any atom is 0.227 e. The number of likely N-dealkylation sites (tertiary alicyclic amines) is 2. The van der Waals surface area contributed by atoms with Crippen LogP contribution in [0.4, 0.5) is 0 Å². The number of nitrogens with zero attached hydrogens (tertiary/aromatic N) is 3. The fourth-order valence-electron chi connectivity index (χ4n) is 4.55. The molecule has 3 atom stereocenters. The number of hydrogen-bond donors (Lipinski definition) is 0. The summed E-state index contributed by atoms with van der Waals surface area (Å²) >= 11 is 0. The molecule has 3 aliphatic rings. The van der Waals surface area contributed by atoms with Crippen molar-refractivity contribution < 1.29 is 9.53 Å². The first-order chi connectivity index (χ1) is 11.7. The molecule has 1 amide bonds. The molecule has 2 saturated heterocycles. The van der Waals surface area contributed by atoms with Gasteiger partial charge in [0.1, 0.15) is 5.75 Å². The van der Waals surface area contributed by atoms with Crippen LogP contribution in [0.2, 0.25) is 0 Å². The van der Waals surface area contributed by atoms with Crippen molar-refractivity contribution in [2.75, 3.05) is 33.3 Å². The number of fused-ring (bicyclic) bond motifs is 3. The zero-order valence-corrected chi connectivity index (χ0v) is 14.0. The third-order valence-electron chi connectivity index (χ3n) is 5.86. The van der Waals surface area contributed by atoms with E-state index in [1.165, 1.54) is 5.56 Å². The Labute approximate surface area is 142 Å². The van der Waals surface area contributed by atoms with Gasteiger partial charge in [0, 0.05) is 43.1 Å². The minimum Gasteiger partial charge on any atom is -0.493 e. The van der Waals surface area contributed by atoms with Gasteiger partial charge >= 0.3 is 0 Å². The molecular weight excluding hydrogens is 302 g/mol. The zero-order chi connectivity index (χ0) is 16.7. The molecule has 0 N–H and O–H groups in total. The van der Waals surface area contributed by atoms with Crippen molar-refractivity contribution in [1.29, 1.82) is 5.26 Å². The summed E-state index contributed by atoms with van der Waals surface area (Å²) in [6.45, 7) is 2.82. The second-order valence-corrected chi connectivity index (χ2v) is 7.23. The van der Waals surface area contributed by atoms with Crippen molar-refractivity contribution in [2.24, 2.45) is 17.8 Å². The molecule has 5 heteroatoms. The summed E-state index contributed by atoms with van der Waals surface area (Å²) in [6, 6.07) is 10.8. The number of rotatable bonds is 1. The molecule has 1 aromatic rings. The maximum absolute atomic E-state index is 13.1. The van der Waals surface area contributed by atoms with Crippen LogP contribution in [-0.4, -0.2) is 49.0 Å². The highest BCUT2D eigenvalue weighted by Gasteiger charge is 2.48. The van der Waals surface area contributed by atoms with Gasteiger partial charge in [0.05, 0.1) is 18.6 Å². The summed E-state index contributed by atoms with van der Waals surface area (Å²) in [5.74, 6) is 1.51. The van der Waals surface area contributed by atoms with E-state index in [9.17, 15) is 4.79 Å². The molecule has 126 valence electrons. The van der Waals surface area contributed by atoms with Gasteiger partial charge in [0.15, 0.2) is 0 Å². The molecule has 0 radical (unpaired) electrons. The number of amides is 1. The number of carbonyl (C=O) groups is 1. The van der Waals surface area contributed by atoms with Crippen LogP contribution in [0.3, 0.4) is 0 Å². The minimum absolute atomic E-state index is 0.00741. The van der Waals surface area contributed by atoms with Gasteiger partial charge in [-0.1, -0.05) is 18.2 Å². The summed E-state index contributed by atoms with van der Waals surface area (Å²) in [6.07, 6.45) is 1.61. The summed E-state index contributed by atoms with van der Waals surface area (Å²) in [4.78, 5) is 17.3. The van der Waals surface area contributed by atoms with E-state index in [1.807, 2.05) is 23.1 Å². The van der Waals surface area contributed by atoms with Gasteiger partial charge in [-0.05, 0) is 26.0 Å². The first-order valence-corrected chi connectivity index (χ1v) is 8.79. The fourth-order valence-corrected chi connectivity index (χ4v) is 4.55. The van der Waals surface area contributed by atoms with Crippen LogP contribution in [0.1, 0.15) is 24.4 Å². The molecule has 5 nitrogen and oxygen atoms in total. The Balaban J connectivity index is 1.52. The molecule has 0 spiro atoms. The molecule has 0 saturated carbocycles. The van der Waals surface area contributed by atoms with E-state index in [4.69, 9.17) is 10.00 Å². The lowest BCUT2D eigenvalue weighted by atomic mass is 9.84. The van der Waals surface area contributed by atoms with Gasteiger partial charge in [-0.3, -0.25) is 9.69 Å². The summed E-state index contributed by atoms with van der Waals surface area (Å²) in [7, 11) is 2.11. The number of hydrogen-bond acceptors (Lipinski definition) is 4. The van der Waals surface area contributed by atoms with Crippen molar-refractivity contribution in [1.82, 2.24) is 9.80 Å². The van der Waals surface area contributed by atoms with Crippen LogP contribution in [0, 0.1) is 29.1 Å². The Bertz CT molecular complexity index is 675. The third kappa shape index (κ3) is 2.46. The second kappa shape index (κ2) is 6.10. The van der Waals surface area contributed by atoms with E-state index in [0.717, 1.165) is 25.1 Å². The number of ether oxygens (including phenoxy) is 1. The Morgan fingerprint density at radius 3 is 2.79 bits per heavy atom. The van der Waals surface area contributed by atoms with Crippen LogP contribution in [0.25, 0.3) is 0 Å². The normalized spacial score (nSPS) is 30.2. The highest BCUT2D eigenvalue weighted by Crippen LogP contribution is 2.47. The molecule has 3 aliphatic heterocycles. The Kier molecular flexibility index (Phi) is 3.93. The topological polar surface area (TPSA) is 56.6 Å². The van der Waals surface area contributed by atoms with E-state index in [2.05, 4.69) is 24.1 Å². The number of piperidine rings is 1. The predicted molar refractivity (Wildman–Crippen MR) is 89.2 cm³/mol. The monoisotopic (exact) mass is 325 g/mol. The second-order valence-electron chi connectivity index (χ2n) is 7.23. The molecular formula is C19H23N3O2. The number of benzene rings is 1. The fraction of sp³-hybridized carbons (Fsp3) is 0.579. The van der Waals surface area contributed by atoms with Crippen LogP contribution in [-0.2, 0) is 4.79 Å². The Morgan fingerprint density at radius 2 is 2.04 bits per heavy atom. The number of para-hydroxylation sites is 1. The smallest absolute Gasteiger partial charge is 0.227 e. The summed E-state index contributed by atoms with van der Waals surface area (Å²) < 4.78 is 5.95. The SMILES string of the molecule is CN1C[C@@H](C(=O)N2CCC(C#N)CC2)[C@@H]2COc3ccccc3[C@@H]21. The average Bonchev–Trinajstić information content (AvgIpc) is 2.98. The predicted octanol–water partition coefficient (Wildman–Crippen LogP) is 2.06. The third-order valence-corrected chi connectivity index (χ3v) is 5.86. The van der Waals surface area contributed by atoms with Crippen LogP contribution >= 0.6 is 0 Å². The molecule has 4 rings (SSSR count). The van der Waals surface area contributed by atoms with Gasteiger partial charge in [0.2, 0.25) is 5.91 Å². The van der Waals surface area contributed by atoms with E-state index < -0.39 is 0 Å². The summed E-state index contributed by atoms with van der Waals surface area (Å²) in [5, 5.41) is 9.03. The number of carbonyl (C=O) groups excluding carboxylic acids is 1. The lowest BCUT2D eigenvalue weighted by Gasteiger charge is -2.35. The van der Waals surface area contributed by atoms with Gasteiger partial charge in [0.25, 0.3) is 0 Å². The quantitative estimate of drug-likeness (QED) is 0.793. The van der Waals surface area contributed by atoms with Gasteiger partial charge in [-0.15, -0.1) is 0 Å². The zero-order valence-electron chi connectivity index (χ0n) is 14.0.